The molecule has 160 valence electrons. The van der Waals surface area contributed by atoms with Gasteiger partial charge >= 0.3 is 0 Å². The highest BCUT2D eigenvalue weighted by molar-refractivity contribution is 7.09. The Balaban J connectivity index is 1.85. The van der Waals surface area contributed by atoms with Crippen LogP contribution < -0.4 is 20.1 Å². The third kappa shape index (κ3) is 7.24. The minimum absolute atomic E-state index is 0.0761. The van der Waals surface area contributed by atoms with E-state index in [1.54, 1.807) is 18.4 Å². The second-order valence-electron chi connectivity index (χ2n) is 7.63. The van der Waals surface area contributed by atoms with Crippen LogP contribution in [0.1, 0.15) is 50.9 Å². The predicted molar refractivity (Wildman–Crippen MR) is 121 cm³/mol. The highest BCUT2D eigenvalue weighted by atomic mass is 32.1. The van der Waals surface area contributed by atoms with Crippen LogP contribution in [-0.4, -0.2) is 37.7 Å². The van der Waals surface area contributed by atoms with Gasteiger partial charge in [-0.1, -0.05) is 26.8 Å². The summed E-state index contributed by atoms with van der Waals surface area (Å²) in [5, 5.41) is 9.89. The molecule has 0 aliphatic carbocycles. The number of thiazole rings is 1. The maximum absolute atomic E-state index is 5.70. The summed E-state index contributed by atoms with van der Waals surface area (Å²) in [6, 6.07) is 6.11. The molecule has 0 atom stereocenters. The van der Waals surface area contributed by atoms with Crippen LogP contribution in [0, 0.1) is 0 Å². The number of rotatable bonds is 9. The largest absolute Gasteiger partial charge is 0.490 e. The lowest BCUT2D eigenvalue weighted by molar-refractivity contribution is 0.287. The van der Waals surface area contributed by atoms with Gasteiger partial charge in [-0.15, -0.1) is 11.3 Å². The van der Waals surface area contributed by atoms with E-state index in [-0.39, 0.29) is 5.41 Å². The van der Waals surface area contributed by atoms with E-state index >= 15 is 0 Å². The van der Waals surface area contributed by atoms with Gasteiger partial charge in [-0.25, -0.2) is 4.98 Å². The standard InChI is InChI=1S/C22H34N4O2S/c1-7-27-17-10-9-16(13-18(17)28-8-2)11-12-24-21(23-6)25-14-20-26-19(15-29-20)22(3,4)5/h9-10,13,15H,7-8,11-12,14H2,1-6H3,(H2,23,24,25). The van der Waals surface area contributed by atoms with Gasteiger partial charge in [-0.2, -0.15) is 0 Å². The van der Waals surface area contributed by atoms with Crippen LogP contribution in [0.5, 0.6) is 11.5 Å². The molecular weight excluding hydrogens is 384 g/mol. The summed E-state index contributed by atoms with van der Waals surface area (Å²) in [6.07, 6.45) is 0.860. The summed E-state index contributed by atoms with van der Waals surface area (Å²) in [4.78, 5) is 9.02. The number of hydrogen-bond donors (Lipinski definition) is 2. The van der Waals surface area contributed by atoms with Crippen LogP contribution >= 0.6 is 11.3 Å². The minimum Gasteiger partial charge on any atom is -0.490 e. The van der Waals surface area contributed by atoms with Crippen LogP contribution in [0.3, 0.4) is 0 Å². The number of guanidine groups is 1. The van der Waals surface area contributed by atoms with Crippen LogP contribution in [0.15, 0.2) is 28.6 Å². The van der Waals surface area contributed by atoms with E-state index in [0.717, 1.165) is 41.1 Å². The molecule has 0 saturated carbocycles. The summed E-state index contributed by atoms with van der Waals surface area (Å²) in [7, 11) is 1.78. The lowest BCUT2D eigenvalue weighted by Gasteiger charge is -2.14. The molecule has 0 radical (unpaired) electrons. The van der Waals surface area contributed by atoms with E-state index < -0.39 is 0 Å². The lowest BCUT2D eigenvalue weighted by atomic mass is 9.93. The van der Waals surface area contributed by atoms with Crippen molar-refractivity contribution in [3.63, 3.8) is 0 Å². The van der Waals surface area contributed by atoms with E-state index in [2.05, 4.69) is 53.9 Å². The van der Waals surface area contributed by atoms with Gasteiger partial charge < -0.3 is 20.1 Å². The molecule has 0 aliphatic rings. The van der Waals surface area contributed by atoms with Crippen LogP contribution in [0.25, 0.3) is 0 Å². The lowest BCUT2D eigenvalue weighted by Crippen LogP contribution is -2.37. The molecule has 0 aliphatic heterocycles. The normalized spacial score (nSPS) is 12.0. The Hall–Kier alpha value is -2.28. The fourth-order valence-electron chi connectivity index (χ4n) is 2.69. The van der Waals surface area contributed by atoms with Crippen molar-refractivity contribution in [1.29, 1.82) is 0 Å². The Morgan fingerprint density at radius 3 is 2.45 bits per heavy atom. The molecule has 1 heterocycles. The number of nitrogens with zero attached hydrogens (tertiary/aromatic N) is 2. The Morgan fingerprint density at radius 2 is 1.83 bits per heavy atom. The second kappa shape index (κ2) is 11.0. The van der Waals surface area contributed by atoms with Gasteiger partial charge in [0.15, 0.2) is 17.5 Å². The maximum Gasteiger partial charge on any atom is 0.191 e. The van der Waals surface area contributed by atoms with Crippen molar-refractivity contribution < 1.29 is 9.47 Å². The van der Waals surface area contributed by atoms with Gasteiger partial charge in [0, 0.05) is 24.4 Å². The van der Waals surface area contributed by atoms with Crippen molar-refractivity contribution in [2.24, 2.45) is 4.99 Å². The zero-order chi connectivity index (χ0) is 21.3. The van der Waals surface area contributed by atoms with E-state index in [0.29, 0.717) is 19.8 Å². The van der Waals surface area contributed by atoms with Crippen LogP contribution in [0.2, 0.25) is 0 Å². The van der Waals surface area contributed by atoms with Crippen molar-refractivity contribution in [3.8, 4) is 11.5 Å². The molecule has 29 heavy (non-hydrogen) atoms. The van der Waals surface area contributed by atoms with Gasteiger partial charge in [0.25, 0.3) is 0 Å². The van der Waals surface area contributed by atoms with E-state index in [4.69, 9.17) is 14.5 Å². The zero-order valence-corrected chi connectivity index (χ0v) is 19.3. The number of nitrogens with one attached hydrogen (secondary N) is 2. The van der Waals surface area contributed by atoms with Crippen molar-refractivity contribution in [3.05, 3.63) is 39.8 Å². The smallest absolute Gasteiger partial charge is 0.191 e. The number of ether oxygens (including phenoxy) is 2. The fourth-order valence-corrected chi connectivity index (χ4v) is 3.65. The first-order valence-electron chi connectivity index (χ1n) is 10.1. The monoisotopic (exact) mass is 418 g/mol. The second-order valence-corrected chi connectivity index (χ2v) is 8.57. The number of aliphatic imine (C=N–C) groups is 1. The Morgan fingerprint density at radius 1 is 1.10 bits per heavy atom. The average molecular weight is 419 g/mol. The van der Waals surface area contributed by atoms with Gasteiger partial charge in [-0.3, -0.25) is 4.99 Å². The first-order valence-corrected chi connectivity index (χ1v) is 11.0. The van der Waals surface area contributed by atoms with Crippen molar-refractivity contribution in [2.45, 2.75) is 53.0 Å². The van der Waals surface area contributed by atoms with Crippen molar-refractivity contribution in [1.82, 2.24) is 15.6 Å². The molecule has 2 aromatic rings. The first-order chi connectivity index (χ1) is 13.9. The molecule has 6 nitrogen and oxygen atoms in total. The van der Waals surface area contributed by atoms with Gasteiger partial charge in [0.05, 0.1) is 25.5 Å². The van der Waals surface area contributed by atoms with E-state index in [9.17, 15) is 0 Å². The van der Waals surface area contributed by atoms with E-state index in [1.165, 1.54) is 5.56 Å². The molecule has 0 spiro atoms. The van der Waals surface area contributed by atoms with Gasteiger partial charge in [-0.05, 0) is 38.0 Å². The van der Waals surface area contributed by atoms with Gasteiger partial charge in [0.2, 0.25) is 0 Å². The maximum atomic E-state index is 5.70. The Labute approximate surface area is 178 Å². The van der Waals surface area contributed by atoms with Crippen LogP contribution in [0.4, 0.5) is 0 Å². The highest BCUT2D eigenvalue weighted by Crippen LogP contribution is 2.28. The third-order valence-electron chi connectivity index (χ3n) is 4.26. The topological polar surface area (TPSA) is 67.8 Å². The average Bonchev–Trinajstić information content (AvgIpc) is 3.16. The molecule has 1 aromatic heterocycles. The Kier molecular flexibility index (Phi) is 8.76. The molecule has 0 fully saturated rings. The molecule has 2 N–H and O–H groups in total. The molecule has 0 unspecified atom stereocenters. The highest BCUT2D eigenvalue weighted by Gasteiger charge is 2.17. The number of benzene rings is 1. The summed E-state index contributed by atoms with van der Waals surface area (Å²) >= 11 is 1.68. The zero-order valence-electron chi connectivity index (χ0n) is 18.5. The SMILES string of the molecule is CCOc1ccc(CCNC(=NC)NCc2nc(C(C)(C)C)cs2)cc1OCC. The molecule has 1 aromatic carbocycles. The Bertz CT molecular complexity index is 796. The minimum atomic E-state index is 0.0761. The van der Waals surface area contributed by atoms with Gasteiger partial charge in [0.1, 0.15) is 5.01 Å². The quantitative estimate of drug-likeness (QED) is 0.473. The molecule has 2 rings (SSSR count). The molecular formula is C22H34N4O2S. The van der Waals surface area contributed by atoms with Crippen molar-refractivity contribution in [2.75, 3.05) is 26.8 Å². The summed E-state index contributed by atoms with van der Waals surface area (Å²) < 4.78 is 11.3. The first kappa shape index (κ1) is 23.0. The summed E-state index contributed by atoms with van der Waals surface area (Å²) in [6.45, 7) is 13.2. The predicted octanol–water partition coefficient (Wildman–Crippen LogP) is 4.15. The van der Waals surface area contributed by atoms with Crippen LogP contribution in [-0.2, 0) is 18.4 Å². The van der Waals surface area contributed by atoms with Crippen molar-refractivity contribution >= 4 is 17.3 Å². The third-order valence-corrected chi connectivity index (χ3v) is 5.11. The summed E-state index contributed by atoms with van der Waals surface area (Å²) in [5.41, 5.74) is 2.39. The summed E-state index contributed by atoms with van der Waals surface area (Å²) in [5.74, 6) is 2.36. The fraction of sp³-hybridized carbons (Fsp3) is 0.545. The molecule has 7 heteroatoms. The number of aromatic nitrogens is 1. The number of hydrogen-bond acceptors (Lipinski definition) is 5. The molecule has 0 saturated heterocycles. The molecule has 0 bridgehead atoms. The van der Waals surface area contributed by atoms with E-state index in [1.807, 2.05) is 19.9 Å². The molecule has 0 amide bonds.